The first-order valence-corrected chi connectivity index (χ1v) is 6.21. The number of carbonyl (C=O) groups excluding carboxylic acids is 1. The average molecular weight is 258 g/mol. The number of aryl methyl sites for hydroxylation is 2. The highest BCUT2D eigenvalue weighted by Gasteiger charge is 2.13. The van der Waals surface area contributed by atoms with Crippen LogP contribution in [0.1, 0.15) is 34.2 Å². The highest BCUT2D eigenvalue weighted by molar-refractivity contribution is 5.98. The molecule has 1 heterocycles. The van der Waals surface area contributed by atoms with Crippen LogP contribution in [0.2, 0.25) is 0 Å². The van der Waals surface area contributed by atoms with Gasteiger partial charge in [0.25, 0.3) is 0 Å². The van der Waals surface area contributed by atoms with Crippen molar-refractivity contribution in [3.8, 4) is 0 Å². The molecule has 0 unspecified atom stereocenters. The highest BCUT2D eigenvalue weighted by atomic mass is 19.1. The lowest BCUT2D eigenvalue weighted by atomic mass is 10.0. The summed E-state index contributed by atoms with van der Waals surface area (Å²) in [7, 11) is 0. The SMILES string of the molecule is CCc1nnc(C)cc1C(=O)Cc1ccc(F)cc1. The summed E-state index contributed by atoms with van der Waals surface area (Å²) in [5.74, 6) is -0.312. The number of rotatable bonds is 4. The molecule has 0 aliphatic rings. The van der Waals surface area contributed by atoms with Crippen molar-refractivity contribution < 1.29 is 9.18 Å². The maximum absolute atomic E-state index is 12.8. The van der Waals surface area contributed by atoms with E-state index in [0.29, 0.717) is 17.7 Å². The van der Waals surface area contributed by atoms with Gasteiger partial charge in [-0.05, 0) is 37.1 Å². The van der Waals surface area contributed by atoms with E-state index in [1.165, 1.54) is 12.1 Å². The topological polar surface area (TPSA) is 42.9 Å². The summed E-state index contributed by atoms with van der Waals surface area (Å²) in [4.78, 5) is 12.3. The molecule has 0 atom stereocenters. The second-order valence-corrected chi connectivity index (χ2v) is 4.43. The predicted octanol–water partition coefficient (Wildman–Crippen LogP) is 2.91. The minimum atomic E-state index is -0.299. The highest BCUT2D eigenvalue weighted by Crippen LogP contribution is 2.12. The van der Waals surface area contributed by atoms with Gasteiger partial charge in [0.2, 0.25) is 0 Å². The van der Waals surface area contributed by atoms with Gasteiger partial charge in [-0.1, -0.05) is 19.1 Å². The van der Waals surface area contributed by atoms with Crippen LogP contribution in [0.15, 0.2) is 30.3 Å². The maximum atomic E-state index is 12.8. The molecule has 0 aliphatic carbocycles. The number of Topliss-reactive ketones (excluding diaryl/α,β-unsaturated/α-hetero) is 1. The first-order valence-electron chi connectivity index (χ1n) is 6.21. The van der Waals surface area contributed by atoms with Crippen molar-refractivity contribution in [1.82, 2.24) is 10.2 Å². The minimum absolute atomic E-state index is 0.0125. The lowest BCUT2D eigenvalue weighted by Gasteiger charge is -2.06. The number of nitrogens with zero attached hydrogens (tertiary/aromatic N) is 2. The summed E-state index contributed by atoms with van der Waals surface area (Å²) in [5.41, 5.74) is 2.83. The molecule has 0 amide bonds. The molecule has 2 aromatic rings. The Morgan fingerprint density at radius 2 is 1.89 bits per heavy atom. The Morgan fingerprint density at radius 1 is 1.21 bits per heavy atom. The van der Waals surface area contributed by atoms with Crippen LogP contribution in [0, 0.1) is 12.7 Å². The Labute approximate surface area is 111 Å². The second-order valence-electron chi connectivity index (χ2n) is 4.43. The zero-order chi connectivity index (χ0) is 13.8. The predicted molar refractivity (Wildman–Crippen MR) is 70.6 cm³/mol. The average Bonchev–Trinajstić information content (AvgIpc) is 2.41. The summed E-state index contributed by atoms with van der Waals surface area (Å²) >= 11 is 0. The van der Waals surface area contributed by atoms with Gasteiger partial charge in [-0.25, -0.2) is 4.39 Å². The van der Waals surface area contributed by atoms with Crippen LogP contribution in [-0.2, 0) is 12.8 Å². The molecule has 1 aromatic heterocycles. The summed E-state index contributed by atoms with van der Waals surface area (Å²) in [5, 5.41) is 8.00. The number of aromatic nitrogens is 2. The van der Waals surface area contributed by atoms with E-state index in [4.69, 9.17) is 0 Å². The van der Waals surface area contributed by atoms with Crippen molar-refractivity contribution in [1.29, 1.82) is 0 Å². The molecule has 0 N–H and O–H groups in total. The molecular formula is C15H15FN2O. The van der Waals surface area contributed by atoms with Gasteiger partial charge >= 0.3 is 0 Å². The molecule has 0 bridgehead atoms. The lowest BCUT2D eigenvalue weighted by molar-refractivity contribution is 0.0991. The van der Waals surface area contributed by atoms with Gasteiger partial charge in [-0.15, -0.1) is 0 Å². The number of halogens is 1. The number of benzene rings is 1. The van der Waals surface area contributed by atoms with Gasteiger partial charge < -0.3 is 0 Å². The first kappa shape index (κ1) is 13.3. The summed E-state index contributed by atoms with van der Waals surface area (Å²) in [6.45, 7) is 3.75. The molecule has 3 nitrogen and oxygen atoms in total. The maximum Gasteiger partial charge on any atom is 0.169 e. The van der Waals surface area contributed by atoms with Gasteiger partial charge in [0.15, 0.2) is 5.78 Å². The Bertz CT molecular complexity index is 594. The lowest BCUT2D eigenvalue weighted by Crippen LogP contribution is -2.10. The third kappa shape index (κ3) is 3.22. The van der Waals surface area contributed by atoms with Crippen molar-refractivity contribution in [2.75, 3.05) is 0 Å². The normalized spacial score (nSPS) is 10.5. The summed E-state index contributed by atoms with van der Waals surface area (Å²) in [6, 6.07) is 7.73. The van der Waals surface area contributed by atoms with E-state index in [9.17, 15) is 9.18 Å². The summed E-state index contributed by atoms with van der Waals surface area (Å²) in [6.07, 6.45) is 0.913. The van der Waals surface area contributed by atoms with Crippen LogP contribution in [0.3, 0.4) is 0 Å². The van der Waals surface area contributed by atoms with E-state index >= 15 is 0 Å². The monoisotopic (exact) mass is 258 g/mol. The fraction of sp³-hybridized carbons (Fsp3) is 0.267. The third-order valence-electron chi connectivity index (χ3n) is 2.91. The quantitative estimate of drug-likeness (QED) is 0.792. The van der Waals surface area contributed by atoms with Crippen molar-refractivity contribution in [3.05, 3.63) is 58.7 Å². The molecule has 2 rings (SSSR count). The smallest absolute Gasteiger partial charge is 0.169 e. The molecule has 1 aromatic carbocycles. The van der Waals surface area contributed by atoms with Crippen LogP contribution in [0.25, 0.3) is 0 Å². The van der Waals surface area contributed by atoms with Gasteiger partial charge in [0.05, 0.1) is 11.4 Å². The first-order chi connectivity index (χ1) is 9.10. The van der Waals surface area contributed by atoms with Gasteiger partial charge in [0, 0.05) is 12.0 Å². The third-order valence-corrected chi connectivity index (χ3v) is 2.91. The number of hydrogen-bond acceptors (Lipinski definition) is 3. The fourth-order valence-corrected chi connectivity index (χ4v) is 1.90. The molecule has 0 saturated heterocycles. The van der Waals surface area contributed by atoms with E-state index in [1.807, 2.05) is 6.92 Å². The van der Waals surface area contributed by atoms with Crippen LogP contribution in [0.4, 0.5) is 4.39 Å². The van der Waals surface area contributed by atoms with Crippen LogP contribution >= 0.6 is 0 Å². The van der Waals surface area contributed by atoms with Crippen LogP contribution in [0.5, 0.6) is 0 Å². The van der Waals surface area contributed by atoms with Crippen LogP contribution < -0.4 is 0 Å². The van der Waals surface area contributed by atoms with Crippen molar-refractivity contribution in [2.45, 2.75) is 26.7 Å². The van der Waals surface area contributed by atoms with Gasteiger partial charge in [0.1, 0.15) is 5.82 Å². The summed E-state index contributed by atoms with van der Waals surface area (Å²) < 4.78 is 12.8. The number of hydrogen-bond donors (Lipinski definition) is 0. The number of carbonyl (C=O) groups is 1. The Morgan fingerprint density at radius 3 is 2.53 bits per heavy atom. The van der Waals surface area contributed by atoms with E-state index < -0.39 is 0 Å². The van der Waals surface area contributed by atoms with Gasteiger partial charge in [-0.2, -0.15) is 10.2 Å². The Hall–Kier alpha value is -2.10. The largest absolute Gasteiger partial charge is 0.294 e. The van der Waals surface area contributed by atoms with E-state index in [1.54, 1.807) is 25.1 Å². The van der Waals surface area contributed by atoms with Crippen molar-refractivity contribution in [3.63, 3.8) is 0 Å². The standard InChI is InChI=1S/C15H15FN2O/c1-3-14-13(8-10(2)17-18-14)15(19)9-11-4-6-12(16)7-5-11/h4-8H,3,9H2,1-2H3. The molecule has 4 heteroatoms. The van der Waals surface area contributed by atoms with E-state index in [-0.39, 0.29) is 18.0 Å². The molecule has 0 spiro atoms. The molecule has 98 valence electrons. The molecule has 19 heavy (non-hydrogen) atoms. The van der Waals surface area contributed by atoms with Crippen LogP contribution in [-0.4, -0.2) is 16.0 Å². The molecule has 0 aliphatic heterocycles. The van der Waals surface area contributed by atoms with E-state index in [0.717, 1.165) is 11.3 Å². The molecular weight excluding hydrogens is 243 g/mol. The van der Waals surface area contributed by atoms with Crippen molar-refractivity contribution >= 4 is 5.78 Å². The van der Waals surface area contributed by atoms with Crippen molar-refractivity contribution in [2.24, 2.45) is 0 Å². The Kier molecular flexibility index (Phi) is 4.00. The molecule has 0 fully saturated rings. The zero-order valence-electron chi connectivity index (χ0n) is 11.0. The van der Waals surface area contributed by atoms with Gasteiger partial charge in [-0.3, -0.25) is 4.79 Å². The number of ketones is 1. The zero-order valence-corrected chi connectivity index (χ0v) is 11.0. The minimum Gasteiger partial charge on any atom is -0.294 e. The molecule has 0 radical (unpaired) electrons. The molecule has 0 saturated carbocycles. The fourth-order valence-electron chi connectivity index (χ4n) is 1.90. The second kappa shape index (κ2) is 5.69. The Balaban J connectivity index is 2.24. The van der Waals surface area contributed by atoms with E-state index in [2.05, 4.69) is 10.2 Å².